The van der Waals surface area contributed by atoms with Crippen molar-refractivity contribution in [1.82, 2.24) is 4.98 Å². The Labute approximate surface area is 129 Å². The molecule has 6 heteroatoms. The molecule has 1 N–H and O–H groups in total. The highest BCUT2D eigenvalue weighted by molar-refractivity contribution is 14.1. The SMILES string of the molecule is Cc1cc(C#N)cc(Oc2cc(C(=O)O)ccc2I)n1. The zero-order chi connectivity index (χ0) is 14.7. The van der Waals surface area contributed by atoms with Crippen LogP contribution >= 0.6 is 22.6 Å². The van der Waals surface area contributed by atoms with Crippen LogP contribution in [0.2, 0.25) is 0 Å². The van der Waals surface area contributed by atoms with E-state index in [9.17, 15) is 4.79 Å². The predicted molar refractivity (Wildman–Crippen MR) is 79.9 cm³/mol. The largest absolute Gasteiger partial charge is 0.478 e. The number of ether oxygens (including phenoxy) is 1. The normalized spacial score (nSPS) is 9.85. The zero-order valence-electron chi connectivity index (χ0n) is 10.4. The van der Waals surface area contributed by atoms with Gasteiger partial charge in [-0.1, -0.05) is 0 Å². The van der Waals surface area contributed by atoms with Gasteiger partial charge in [-0.15, -0.1) is 0 Å². The Kier molecular flexibility index (Phi) is 4.20. The van der Waals surface area contributed by atoms with Crippen LogP contribution in [0.5, 0.6) is 11.6 Å². The summed E-state index contributed by atoms with van der Waals surface area (Å²) in [4.78, 5) is 15.1. The molecule has 0 atom stereocenters. The topological polar surface area (TPSA) is 83.2 Å². The Morgan fingerprint density at radius 3 is 2.80 bits per heavy atom. The van der Waals surface area contributed by atoms with Crippen LogP contribution in [0.3, 0.4) is 0 Å². The number of carbonyl (C=O) groups is 1. The van der Waals surface area contributed by atoms with Gasteiger partial charge in [0.05, 0.1) is 20.8 Å². The van der Waals surface area contributed by atoms with Gasteiger partial charge >= 0.3 is 5.97 Å². The molecule has 1 aromatic carbocycles. The zero-order valence-corrected chi connectivity index (χ0v) is 12.6. The number of hydrogen-bond acceptors (Lipinski definition) is 4. The molecular weight excluding hydrogens is 371 g/mol. The molecule has 0 amide bonds. The van der Waals surface area contributed by atoms with Crippen molar-refractivity contribution in [3.05, 3.63) is 50.7 Å². The molecule has 0 spiro atoms. The first-order chi connectivity index (χ1) is 9.49. The number of rotatable bonds is 3. The molecule has 0 radical (unpaired) electrons. The highest BCUT2D eigenvalue weighted by Gasteiger charge is 2.10. The molecule has 1 heterocycles. The number of nitriles is 1. The lowest BCUT2D eigenvalue weighted by atomic mass is 10.2. The van der Waals surface area contributed by atoms with Crippen molar-refractivity contribution in [2.75, 3.05) is 0 Å². The smallest absolute Gasteiger partial charge is 0.335 e. The van der Waals surface area contributed by atoms with Gasteiger partial charge in [0, 0.05) is 11.8 Å². The number of hydrogen-bond donors (Lipinski definition) is 1. The number of benzene rings is 1. The number of halogens is 1. The minimum Gasteiger partial charge on any atom is -0.478 e. The number of aromatic carboxylic acids is 1. The van der Waals surface area contributed by atoms with Crippen LogP contribution in [-0.2, 0) is 0 Å². The van der Waals surface area contributed by atoms with E-state index < -0.39 is 5.97 Å². The maximum Gasteiger partial charge on any atom is 0.335 e. The summed E-state index contributed by atoms with van der Waals surface area (Å²) in [6, 6.07) is 9.76. The van der Waals surface area contributed by atoms with Gasteiger partial charge in [-0.25, -0.2) is 9.78 Å². The summed E-state index contributed by atoms with van der Waals surface area (Å²) >= 11 is 2.04. The van der Waals surface area contributed by atoms with E-state index in [1.165, 1.54) is 18.2 Å². The van der Waals surface area contributed by atoms with Crippen molar-refractivity contribution in [3.63, 3.8) is 0 Å². The van der Waals surface area contributed by atoms with Crippen LogP contribution in [0.4, 0.5) is 0 Å². The van der Waals surface area contributed by atoms with E-state index in [4.69, 9.17) is 15.1 Å². The second-order valence-corrected chi connectivity index (χ2v) is 5.16. The minimum absolute atomic E-state index is 0.133. The molecule has 0 aliphatic rings. The Morgan fingerprint density at radius 1 is 1.40 bits per heavy atom. The first-order valence-electron chi connectivity index (χ1n) is 5.59. The van der Waals surface area contributed by atoms with Crippen molar-refractivity contribution in [1.29, 1.82) is 5.26 Å². The second-order valence-electron chi connectivity index (χ2n) is 4.00. The molecule has 100 valence electrons. The highest BCUT2D eigenvalue weighted by atomic mass is 127. The van der Waals surface area contributed by atoms with Gasteiger partial charge in [-0.3, -0.25) is 0 Å². The van der Waals surface area contributed by atoms with E-state index in [1.54, 1.807) is 19.1 Å². The Hall–Kier alpha value is -2.14. The lowest BCUT2D eigenvalue weighted by Gasteiger charge is -2.08. The molecule has 5 nitrogen and oxygen atoms in total. The first kappa shape index (κ1) is 14.3. The van der Waals surface area contributed by atoms with Crippen LogP contribution in [0.25, 0.3) is 0 Å². The molecule has 0 saturated heterocycles. The van der Waals surface area contributed by atoms with Crippen LogP contribution in [0, 0.1) is 21.8 Å². The quantitative estimate of drug-likeness (QED) is 0.826. The third-order valence-corrected chi connectivity index (χ3v) is 3.34. The van der Waals surface area contributed by atoms with Gasteiger partial charge in [-0.2, -0.15) is 5.26 Å². The third-order valence-electron chi connectivity index (χ3n) is 2.45. The molecule has 0 aliphatic carbocycles. The molecule has 0 unspecified atom stereocenters. The fourth-order valence-corrected chi connectivity index (χ4v) is 2.03. The number of aryl methyl sites for hydroxylation is 1. The molecule has 0 bridgehead atoms. The molecule has 2 rings (SSSR count). The summed E-state index contributed by atoms with van der Waals surface area (Å²) in [5.41, 5.74) is 1.23. The average Bonchev–Trinajstić information content (AvgIpc) is 2.40. The number of carboxylic acids is 1. The van der Waals surface area contributed by atoms with Gasteiger partial charge in [0.25, 0.3) is 0 Å². The average molecular weight is 380 g/mol. The predicted octanol–water partition coefficient (Wildman–Crippen LogP) is 3.36. The van der Waals surface area contributed by atoms with Gasteiger partial charge in [0.1, 0.15) is 5.75 Å². The number of pyridine rings is 1. The van der Waals surface area contributed by atoms with Gasteiger partial charge < -0.3 is 9.84 Å². The monoisotopic (exact) mass is 380 g/mol. The van der Waals surface area contributed by atoms with E-state index in [0.717, 1.165) is 3.57 Å². The van der Waals surface area contributed by atoms with E-state index in [0.29, 0.717) is 17.0 Å². The van der Waals surface area contributed by atoms with Crippen molar-refractivity contribution in [3.8, 4) is 17.7 Å². The summed E-state index contributed by atoms with van der Waals surface area (Å²) in [6.45, 7) is 1.76. The molecule has 0 aliphatic heterocycles. The number of nitrogens with zero attached hydrogens (tertiary/aromatic N) is 2. The lowest BCUT2D eigenvalue weighted by molar-refractivity contribution is 0.0696. The maximum atomic E-state index is 11.0. The van der Waals surface area contributed by atoms with Crippen LogP contribution in [0.15, 0.2) is 30.3 Å². The molecule has 1 aromatic heterocycles. The van der Waals surface area contributed by atoms with Crippen molar-refractivity contribution >= 4 is 28.6 Å². The van der Waals surface area contributed by atoms with E-state index in [2.05, 4.69) is 4.98 Å². The Bertz CT molecular complexity index is 723. The van der Waals surface area contributed by atoms with Crippen molar-refractivity contribution < 1.29 is 14.6 Å². The Balaban J connectivity index is 2.39. The highest BCUT2D eigenvalue weighted by Crippen LogP contribution is 2.27. The Morgan fingerprint density at radius 2 is 2.15 bits per heavy atom. The lowest BCUT2D eigenvalue weighted by Crippen LogP contribution is -1.99. The van der Waals surface area contributed by atoms with E-state index in [1.807, 2.05) is 28.7 Å². The third kappa shape index (κ3) is 3.24. The molecule has 2 aromatic rings. The molecule has 0 saturated carbocycles. The van der Waals surface area contributed by atoms with Gasteiger partial charge in [0.2, 0.25) is 5.88 Å². The van der Waals surface area contributed by atoms with Gasteiger partial charge in [-0.05, 0) is 53.8 Å². The second kappa shape index (κ2) is 5.88. The summed E-state index contributed by atoms with van der Waals surface area (Å²) in [6.07, 6.45) is 0. The first-order valence-corrected chi connectivity index (χ1v) is 6.67. The number of carboxylic acid groups (broad SMARTS) is 1. The minimum atomic E-state index is -1.03. The fraction of sp³-hybridized carbons (Fsp3) is 0.0714. The van der Waals surface area contributed by atoms with Crippen molar-refractivity contribution in [2.45, 2.75) is 6.92 Å². The maximum absolute atomic E-state index is 11.0. The van der Waals surface area contributed by atoms with E-state index in [-0.39, 0.29) is 11.4 Å². The summed E-state index contributed by atoms with van der Waals surface area (Å²) in [5, 5.41) is 17.9. The molecular formula is C14H9IN2O3. The molecule has 0 fully saturated rings. The van der Waals surface area contributed by atoms with Crippen LogP contribution in [0.1, 0.15) is 21.6 Å². The van der Waals surface area contributed by atoms with E-state index >= 15 is 0 Å². The van der Waals surface area contributed by atoms with Gasteiger partial charge in [0.15, 0.2) is 0 Å². The standard InChI is InChI=1S/C14H9IN2O3/c1-8-4-9(7-16)5-13(17-8)20-12-6-10(14(18)19)2-3-11(12)15/h2-6H,1H3,(H,18,19). The number of aromatic nitrogens is 1. The fourth-order valence-electron chi connectivity index (χ4n) is 1.58. The van der Waals surface area contributed by atoms with Crippen LogP contribution < -0.4 is 4.74 Å². The van der Waals surface area contributed by atoms with Crippen LogP contribution in [-0.4, -0.2) is 16.1 Å². The summed E-state index contributed by atoms with van der Waals surface area (Å²) in [7, 11) is 0. The summed E-state index contributed by atoms with van der Waals surface area (Å²) < 4.78 is 6.35. The van der Waals surface area contributed by atoms with Crippen molar-refractivity contribution in [2.24, 2.45) is 0 Å². The molecule has 20 heavy (non-hydrogen) atoms. The summed E-state index contributed by atoms with van der Waals surface area (Å²) in [5.74, 6) is -0.365.